The number of ketones is 1. The second-order valence-electron chi connectivity index (χ2n) is 9.63. The molecule has 0 radical (unpaired) electrons. The van der Waals surface area contributed by atoms with Crippen molar-refractivity contribution in [1.29, 1.82) is 0 Å². The largest absolute Gasteiger partial charge is 0.494 e. The van der Waals surface area contributed by atoms with Gasteiger partial charge in [0, 0.05) is 5.56 Å². The van der Waals surface area contributed by atoms with Gasteiger partial charge in [-0.1, -0.05) is 67.9 Å². The van der Waals surface area contributed by atoms with E-state index in [-0.39, 0.29) is 17.6 Å². The first-order chi connectivity index (χ1) is 18.1. The number of hydrogen-bond acceptors (Lipinski definition) is 6. The summed E-state index contributed by atoms with van der Waals surface area (Å²) in [6, 6.07) is 22.3. The van der Waals surface area contributed by atoms with E-state index in [2.05, 4.69) is 12.0 Å². The van der Waals surface area contributed by atoms with Crippen LogP contribution in [0.3, 0.4) is 0 Å². The summed E-state index contributed by atoms with van der Waals surface area (Å²) < 4.78 is 5.74. The summed E-state index contributed by atoms with van der Waals surface area (Å²) in [7, 11) is 0. The molecule has 4 atom stereocenters. The minimum Gasteiger partial charge on any atom is -0.494 e. The van der Waals surface area contributed by atoms with Crippen molar-refractivity contribution in [2.75, 3.05) is 11.5 Å². The van der Waals surface area contributed by atoms with E-state index in [1.54, 1.807) is 59.8 Å². The molecule has 0 aliphatic carbocycles. The summed E-state index contributed by atoms with van der Waals surface area (Å²) in [6.45, 7) is 2.71. The third-order valence-electron chi connectivity index (χ3n) is 7.48. The van der Waals surface area contributed by atoms with E-state index >= 15 is 0 Å². The Morgan fingerprint density at radius 2 is 1.59 bits per heavy atom. The summed E-state index contributed by atoms with van der Waals surface area (Å²) >= 11 is 0. The second-order valence-corrected chi connectivity index (χ2v) is 9.63. The van der Waals surface area contributed by atoms with Crippen molar-refractivity contribution in [1.82, 2.24) is 5.01 Å². The van der Waals surface area contributed by atoms with Crippen LogP contribution < -0.4 is 9.64 Å². The molecule has 2 fully saturated rings. The van der Waals surface area contributed by atoms with Crippen LogP contribution in [0, 0.1) is 11.8 Å². The zero-order valence-corrected chi connectivity index (χ0v) is 20.5. The molecule has 7 nitrogen and oxygen atoms in total. The second kappa shape index (κ2) is 9.32. The summed E-state index contributed by atoms with van der Waals surface area (Å²) in [6.07, 6.45) is 3.70. The smallest absolute Gasteiger partial charge is 0.240 e. The van der Waals surface area contributed by atoms with E-state index in [0.29, 0.717) is 23.6 Å². The Balaban J connectivity index is 1.39. The summed E-state index contributed by atoms with van der Waals surface area (Å²) in [5.74, 6) is -1.75. The van der Waals surface area contributed by atoms with Gasteiger partial charge in [0.15, 0.2) is 5.78 Å². The maximum atomic E-state index is 13.9. The van der Waals surface area contributed by atoms with Crippen molar-refractivity contribution in [3.05, 3.63) is 95.6 Å². The average molecular weight is 494 g/mol. The van der Waals surface area contributed by atoms with E-state index in [1.807, 2.05) is 30.3 Å². The van der Waals surface area contributed by atoms with Crippen molar-refractivity contribution in [2.45, 2.75) is 31.8 Å². The van der Waals surface area contributed by atoms with Gasteiger partial charge in [0.1, 0.15) is 11.8 Å². The number of hydrazone groups is 1. The number of Topliss-reactive ketones (excluding diaryl/α,β-unsaturated/α-hetero) is 1. The third kappa shape index (κ3) is 3.73. The molecule has 3 aromatic rings. The molecule has 3 aromatic carbocycles. The van der Waals surface area contributed by atoms with Gasteiger partial charge in [-0.05, 0) is 41.8 Å². The number of carbonyl (C=O) groups excluding carboxylic acids is 3. The number of fused-ring (bicyclic) bond motifs is 5. The van der Waals surface area contributed by atoms with Gasteiger partial charge >= 0.3 is 0 Å². The van der Waals surface area contributed by atoms with Gasteiger partial charge in [0.2, 0.25) is 11.8 Å². The number of amides is 2. The molecule has 3 aliphatic heterocycles. The SMILES string of the molecule is CCCCOc1ccc(N2C(=O)[C@@H]3[C@@H](C2=O)[C@H]2c4ccccc4C=NN2[C@@H]3C(=O)c2ccccc2)cc1. The van der Waals surface area contributed by atoms with Crippen molar-refractivity contribution in [2.24, 2.45) is 16.9 Å². The monoisotopic (exact) mass is 493 g/mol. The summed E-state index contributed by atoms with van der Waals surface area (Å²) in [5, 5.41) is 6.29. The molecular formula is C30H27N3O4. The number of hydrogen-bond donors (Lipinski definition) is 0. The molecule has 0 N–H and O–H groups in total. The highest BCUT2D eigenvalue weighted by molar-refractivity contribution is 6.24. The number of imide groups is 1. The molecule has 2 saturated heterocycles. The van der Waals surface area contributed by atoms with Crippen LogP contribution in [0.2, 0.25) is 0 Å². The first kappa shape index (κ1) is 23.2. The molecule has 2 amide bonds. The molecular weight excluding hydrogens is 466 g/mol. The molecule has 0 bridgehead atoms. The van der Waals surface area contributed by atoms with Gasteiger partial charge in [0.05, 0.1) is 36.4 Å². The Morgan fingerprint density at radius 1 is 0.892 bits per heavy atom. The number of carbonyl (C=O) groups is 3. The number of benzene rings is 3. The highest BCUT2D eigenvalue weighted by Crippen LogP contribution is 2.53. The maximum Gasteiger partial charge on any atom is 0.240 e. The Kier molecular flexibility index (Phi) is 5.83. The van der Waals surface area contributed by atoms with Gasteiger partial charge < -0.3 is 4.74 Å². The van der Waals surface area contributed by atoms with E-state index in [4.69, 9.17) is 4.74 Å². The van der Waals surface area contributed by atoms with Gasteiger partial charge in [-0.2, -0.15) is 5.10 Å². The lowest BCUT2D eigenvalue weighted by Gasteiger charge is -2.33. The van der Waals surface area contributed by atoms with E-state index in [1.165, 1.54) is 4.90 Å². The fourth-order valence-corrected chi connectivity index (χ4v) is 5.72. The number of nitrogens with zero attached hydrogens (tertiary/aromatic N) is 3. The topological polar surface area (TPSA) is 79.3 Å². The predicted octanol–water partition coefficient (Wildman–Crippen LogP) is 4.63. The van der Waals surface area contributed by atoms with Gasteiger partial charge in [0.25, 0.3) is 0 Å². The van der Waals surface area contributed by atoms with Crippen LogP contribution in [0.4, 0.5) is 5.69 Å². The minimum absolute atomic E-state index is 0.211. The number of ether oxygens (including phenoxy) is 1. The Morgan fingerprint density at radius 3 is 2.35 bits per heavy atom. The number of unbranched alkanes of at least 4 members (excludes halogenated alkanes) is 1. The third-order valence-corrected chi connectivity index (χ3v) is 7.48. The highest BCUT2D eigenvalue weighted by Gasteiger charge is 2.65. The molecule has 37 heavy (non-hydrogen) atoms. The molecule has 3 heterocycles. The van der Waals surface area contributed by atoms with E-state index < -0.39 is 23.9 Å². The predicted molar refractivity (Wildman–Crippen MR) is 139 cm³/mol. The summed E-state index contributed by atoms with van der Waals surface area (Å²) in [4.78, 5) is 42.9. The molecule has 0 spiro atoms. The average Bonchev–Trinajstić information content (AvgIpc) is 3.41. The van der Waals surface area contributed by atoms with Gasteiger partial charge in [-0.25, -0.2) is 4.90 Å². The quantitative estimate of drug-likeness (QED) is 0.273. The van der Waals surface area contributed by atoms with Crippen molar-refractivity contribution >= 4 is 29.5 Å². The van der Waals surface area contributed by atoms with Crippen LogP contribution in [-0.4, -0.2) is 41.5 Å². The van der Waals surface area contributed by atoms with Crippen LogP contribution in [0.1, 0.15) is 47.3 Å². The van der Waals surface area contributed by atoms with Gasteiger partial charge in [-0.15, -0.1) is 0 Å². The Labute approximate surface area is 215 Å². The molecule has 3 aliphatic rings. The number of anilines is 1. The zero-order chi connectivity index (χ0) is 25.5. The minimum atomic E-state index is -0.875. The van der Waals surface area contributed by atoms with Crippen LogP contribution in [0.15, 0.2) is 84.0 Å². The first-order valence-electron chi connectivity index (χ1n) is 12.7. The molecule has 7 heteroatoms. The fourth-order valence-electron chi connectivity index (χ4n) is 5.72. The Bertz CT molecular complexity index is 1390. The maximum absolute atomic E-state index is 13.9. The van der Waals surface area contributed by atoms with Crippen LogP contribution in [-0.2, 0) is 9.59 Å². The van der Waals surface area contributed by atoms with Crippen molar-refractivity contribution < 1.29 is 19.1 Å². The molecule has 6 rings (SSSR count). The van der Waals surface area contributed by atoms with Crippen LogP contribution in [0.25, 0.3) is 0 Å². The van der Waals surface area contributed by atoms with E-state index in [0.717, 1.165) is 24.0 Å². The highest BCUT2D eigenvalue weighted by atomic mass is 16.5. The summed E-state index contributed by atoms with van der Waals surface area (Å²) in [5.41, 5.74) is 2.77. The molecule has 0 unspecified atom stereocenters. The Hall–Kier alpha value is -4.26. The normalized spacial score (nSPS) is 23.6. The number of rotatable bonds is 7. The lowest BCUT2D eigenvalue weighted by atomic mass is 9.83. The fraction of sp³-hybridized carbons (Fsp3) is 0.267. The van der Waals surface area contributed by atoms with Crippen LogP contribution >= 0.6 is 0 Å². The lowest BCUT2D eigenvalue weighted by molar-refractivity contribution is -0.124. The molecule has 0 saturated carbocycles. The molecule has 186 valence electrons. The first-order valence-corrected chi connectivity index (χ1v) is 12.7. The van der Waals surface area contributed by atoms with Crippen molar-refractivity contribution in [3.8, 4) is 5.75 Å². The van der Waals surface area contributed by atoms with Crippen LogP contribution in [0.5, 0.6) is 5.75 Å². The zero-order valence-electron chi connectivity index (χ0n) is 20.5. The molecule has 0 aromatic heterocycles. The van der Waals surface area contributed by atoms with E-state index in [9.17, 15) is 14.4 Å². The van der Waals surface area contributed by atoms with Crippen molar-refractivity contribution in [3.63, 3.8) is 0 Å². The van der Waals surface area contributed by atoms with Gasteiger partial charge in [-0.3, -0.25) is 19.4 Å². The standard InChI is InChI=1S/C30H27N3O4/c1-2-3-17-37-22-15-13-21(14-16-22)32-29(35)24-25(30(32)36)27(28(34)19-9-5-4-6-10-19)33-26(24)23-12-8-7-11-20(23)18-31-33/h4-16,18,24-27H,2-3,17H2,1H3/t24-,25-,26-,27+/m1/s1. The lowest BCUT2D eigenvalue weighted by Crippen LogP contribution is -2.44.